The second kappa shape index (κ2) is 3.12. The van der Waals surface area contributed by atoms with Gasteiger partial charge in [0.2, 0.25) is 0 Å². The molecule has 10 heavy (non-hydrogen) atoms. The van der Waals surface area contributed by atoms with Gasteiger partial charge in [0.1, 0.15) is 0 Å². The average Bonchev–Trinajstić information content (AvgIpc) is 1.95. The zero-order valence-electron chi connectivity index (χ0n) is 5.34. The van der Waals surface area contributed by atoms with Gasteiger partial charge in [-0.15, -0.1) is 11.8 Å². The minimum Gasteiger partial charge on any atom is -0.504 e. The average molecular weight is 176 g/mol. The molecule has 0 aliphatic heterocycles. The molecule has 1 heterocycles. The molecule has 0 fully saturated rings. The van der Waals surface area contributed by atoms with Crippen LogP contribution in [0, 0.1) is 0 Å². The second-order valence-corrected chi connectivity index (χ2v) is 2.86. The van der Waals surface area contributed by atoms with Crippen LogP contribution in [-0.2, 0) is 0 Å². The zero-order valence-corrected chi connectivity index (χ0v) is 6.91. The molecule has 1 aromatic rings. The summed E-state index contributed by atoms with van der Waals surface area (Å²) in [6.45, 7) is 0. The summed E-state index contributed by atoms with van der Waals surface area (Å²) in [6.07, 6.45) is 3.43. The van der Waals surface area contributed by atoms with E-state index < -0.39 is 0 Å². The number of rotatable bonds is 1. The van der Waals surface area contributed by atoms with E-state index in [9.17, 15) is 5.11 Å². The van der Waals surface area contributed by atoms with Gasteiger partial charge in [0.25, 0.3) is 0 Å². The quantitative estimate of drug-likeness (QED) is 0.525. The topological polar surface area (TPSA) is 33.1 Å². The Morgan fingerprint density at radius 1 is 1.70 bits per heavy atom. The Labute approximate surface area is 68.2 Å². The van der Waals surface area contributed by atoms with E-state index >= 15 is 0 Å². The standard InChI is InChI=1S/C6H6ClNOS/c1-10-4-2-3-8-6(7)5(4)9/h2-3,9H,1H3. The molecule has 0 atom stereocenters. The summed E-state index contributed by atoms with van der Waals surface area (Å²) in [6, 6.07) is 1.71. The number of hydrogen-bond donors (Lipinski definition) is 1. The van der Waals surface area contributed by atoms with Crippen LogP contribution in [0.5, 0.6) is 5.75 Å². The maximum atomic E-state index is 9.18. The van der Waals surface area contributed by atoms with Gasteiger partial charge in [-0.3, -0.25) is 0 Å². The van der Waals surface area contributed by atoms with Crippen LogP contribution in [0.15, 0.2) is 17.2 Å². The van der Waals surface area contributed by atoms with Crippen molar-refractivity contribution in [2.24, 2.45) is 0 Å². The molecule has 0 unspecified atom stereocenters. The fraction of sp³-hybridized carbons (Fsp3) is 0.167. The molecule has 1 aromatic heterocycles. The first kappa shape index (κ1) is 7.69. The normalized spacial score (nSPS) is 9.80. The Morgan fingerprint density at radius 3 is 2.90 bits per heavy atom. The summed E-state index contributed by atoms with van der Waals surface area (Å²) >= 11 is 6.95. The van der Waals surface area contributed by atoms with Crippen LogP contribution in [-0.4, -0.2) is 16.3 Å². The van der Waals surface area contributed by atoms with Crippen LogP contribution in [0.25, 0.3) is 0 Å². The van der Waals surface area contributed by atoms with Crippen molar-refractivity contribution in [3.05, 3.63) is 17.4 Å². The maximum absolute atomic E-state index is 9.18. The predicted octanol–water partition coefficient (Wildman–Crippen LogP) is 2.16. The molecule has 54 valence electrons. The van der Waals surface area contributed by atoms with E-state index in [1.54, 1.807) is 12.3 Å². The van der Waals surface area contributed by atoms with E-state index in [0.29, 0.717) is 0 Å². The van der Waals surface area contributed by atoms with Crippen LogP contribution >= 0.6 is 23.4 Å². The molecule has 0 saturated heterocycles. The number of nitrogens with zero attached hydrogens (tertiary/aromatic N) is 1. The van der Waals surface area contributed by atoms with E-state index in [1.807, 2.05) is 6.26 Å². The maximum Gasteiger partial charge on any atom is 0.171 e. The van der Waals surface area contributed by atoms with Gasteiger partial charge in [-0.2, -0.15) is 0 Å². The van der Waals surface area contributed by atoms with Crippen LogP contribution in [0.2, 0.25) is 5.15 Å². The number of aromatic hydroxyl groups is 1. The Bertz CT molecular complexity index is 241. The number of halogens is 1. The Kier molecular flexibility index (Phi) is 2.40. The summed E-state index contributed by atoms with van der Waals surface area (Å²) in [5, 5.41) is 9.34. The number of pyridine rings is 1. The Morgan fingerprint density at radius 2 is 2.40 bits per heavy atom. The van der Waals surface area contributed by atoms with E-state index in [0.717, 1.165) is 4.90 Å². The van der Waals surface area contributed by atoms with Gasteiger partial charge in [-0.25, -0.2) is 4.98 Å². The minimum atomic E-state index is 0.0664. The molecule has 0 spiro atoms. The van der Waals surface area contributed by atoms with Gasteiger partial charge in [0, 0.05) is 6.20 Å². The summed E-state index contributed by atoms with van der Waals surface area (Å²) in [5.74, 6) is 0.0664. The van der Waals surface area contributed by atoms with Crippen LogP contribution < -0.4 is 0 Å². The van der Waals surface area contributed by atoms with Crippen molar-refractivity contribution in [3.8, 4) is 5.75 Å². The lowest BCUT2D eigenvalue weighted by Gasteiger charge is -1.99. The SMILES string of the molecule is CSc1ccnc(Cl)c1O. The smallest absolute Gasteiger partial charge is 0.171 e. The first-order valence-corrected chi connectivity index (χ1v) is 4.23. The summed E-state index contributed by atoms with van der Waals surface area (Å²) in [4.78, 5) is 4.44. The van der Waals surface area contributed by atoms with Crippen LogP contribution in [0.4, 0.5) is 0 Å². The minimum absolute atomic E-state index is 0.0664. The van der Waals surface area contributed by atoms with Crippen molar-refractivity contribution >= 4 is 23.4 Å². The van der Waals surface area contributed by atoms with E-state index in [1.165, 1.54) is 11.8 Å². The van der Waals surface area contributed by atoms with Crippen LogP contribution in [0.1, 0.15) is 0 Å². The van der Waals surface area contributed by atoms with E-state index in [2.05, 4.69) is 4.98 Å². The third-order valence-electron chi connectivity index (χ3n) is 1.06. The van der Waals surface area contributed by atoms with Gasteiger partial charge < -0.3 is 5.11 Å². The Hall–Kier alpha value is -0.410. The predicted molar refractivity (Wildman–Crippen MR) is 42.7 cm³/mol. The molecule has 2 nitrogen and oxygen atoms in total. The monoisotopic (exact) mass is 175 g/mol. The molecule has 0 amide bonds. The lowest BCUT2D eigenvalue weighted by molar-refractivity contribution is 0.460. The molecule has 1 rings (SSSR count). The van der Waals surface area contributed by atoms with Crippen molar-refractivity contribution < 1.29 is 5.11 Å². The lowest BCUT2D eigenvalue weighted by Crippen LogP contribution is -1.77. The fourth-order valence-electron chi connectivity index (χ4n) is 0.577. The third kappa shape index (κ3) is 1.36. The molecular weight excluding hydrogens is 170 g/mol. The molecule has 0 aliphatic carbocycles. The highest BCUT2D eigenvalue weighted by atomic mass is 35.5. The van der Waals surface area contributed by atoms with E-state index in [-0.39, 0.29) is 10.9 Å². The second-order valence-electron chi connectivity index (χ2n) is 1.65. The highest BCUT2D eigenvalue weighted by Gasteiger charge is 2.03. The highest BCUT2D eigenvalue weighted by molar-refractivity contribution is 7.98. The number of thioether (sulfide) groups is 1. The zero-order chi connectivity index (χ0) is 7.56. The van der Waals surface area contributed by atoms with Gasteiger partial charge >= 0.3 is 0 Å². The van der Waals surface area contributed by atoms with Crippen molar-refractivity contribution in [2.45, 2.75) is 4.90 Å². The molecule has 1 N–H and O–H groups in total. The molecular formula is C6H6ClNOS. The molecule has 0 aliphatic rings. The fourth-order valence-corrected chi connectivity index (χ4v) is 1.28. The molecule has 0 radical (unpaired) electrons. The van der Waals surface area contributed by atoms with Crippen molar-refractivity contribution in [1.82, 2.24) is 4.98 Å². The number of aromatic nitrogens is 1. The first-order chi connectivity index (χ1) is 4.75. The molecule has 0 aromatic carbocycles. The molecule has 4 heteroatoms. The third-order valence-corrected chi connectivity index (χ3v) is 2.11. The molecule has 0 saturated carbocycles. The summed E-state index contributed by atoms with van der Waals surface area (Å²) in [5.41, 5.74) is 0. The summed E-state index contributed by atoms with van der Waals surface area (Å²) < 4.78 is 0. The van der Waals surface area contributed by atoms with Gasteiger partial charge in [-0.1, -0.05) is 11.6 Å². The van der Waals surface area contributed by atoms with Gasteiger partial charge in [0.05, 0.1) is 4.90 Å². The van der Waals surface area contributed by atoms with Crippen LogP contribution in [0.3, 0.4) is 0 Å². The first-order valence-electron chi connectivity index (χ1n) is 2.63. The number of hydrogen-bond acceptors (Lipinski definition) is 3. The van der Waals surface area contributed by atoms with Gasteiger partial charge in [-0.05, 0) is 12.3 Å². The van der Waals surface area contributed by atoms with E-state index in [4.69, 9.17) is 11.6 Å². The highest BCUT2D eigenvalue weighted by Crippen LogP contribution is 2.30. The summed E-state index contributed by atoms with van der Waals surface area (Å²) in [7, 11) is 0. The lowest BCUT2D eigenvalue weighted by atomic mass is 10.5. The Balaban J connectivity index is 3.14. The van der Waals surface area contributed by atoms with Crippen molar-refractivity contribution in [2.75, 3.05) is 6.26 Å². The van der Waals surface area contributed by atoms with Crippen molar-refractivity contribution in [1.29, 1.82) is 0 Å². The molecule has 0 bridgehead atoms. The van der Waals surface area contributed by atoms with Crippen molar-refractivity contribution in [3.63, 3.8) is 0 Å². The largest absolute Gasteiger partial charge is 0.504 e. The van der Waals surface area contributed by atoms with Gasteiger partial charge in [0.15, 0.2) is 10.9 Å².